The Bertz CT molecular complexity index is 1160. The van der Waals surface area contributed by atoms with Gasteiger partial charge in [-0.05, 0) is 35.6 Å². The maximum atomic E-state index is 12.8. The van der Waals surface area contributed by atoms with Gasteiger partial charge in [0.05, 0.1) is 29.6 Å². The van der Waals surface area contributed by atoms with Crippen molar-refractivity contribution in [2.45, 2.75) is 25.5 Å². The minimum Gasteiger partial charge on any atom is -0.465 e. The normalized spacial score (nSPS) is 11.1. The third kappa shape index (κ3) is 5.03. The standard InChI is InChI=1S/C20H20ClN3O4S2/c1-11(2)9-24-18(26)17-15(6-7-29-17)23-20(24)30-10-16(25)22-14-5-4-12(21)8-13(14)19(27)28-3/h4-8,11H,9-10H2,1-3H3,(H,22,25). The van der Waals surface area contributed by atoms with E-state index >= 15 is 0 Å². The molecule has 0 radical (unpaired) electrons. The quantitative estimate of drug-likeness (QED) is 0.318. The number of thioether (sulfide) groups is 1. The highest BCUT2D eigenvalue weighted by Crippen LogP contribution is 2.24. The van der Waals surface area contributed by atoms with Gasteiger partial charge in [0.2, 0.25) is 5.91 Å². The van der Waals surface area contributed by atoms with Crippen LogP contribution in [0.1, 0.15) is 24.2 Å². The number of nitrogens with zero attached hydrogens (tertiary/aromatic N) is 2. The van der Waals surface area contributed by atoms with Crippen LogP contribution in [0.2, 0.25) is 5.02 Å². The van der Waals surface area contributed by atoms with Gasteiger partial charge in [-0.2, -0.15) is 0 Å². The van der Waals surface area contributed by atoms with Crippen LogP contribution in [0.3, 0.4) is 0 Å². The maximum Gasteiger partial charge on any atom is 0.340 e. The number of halogens is 1. The summed E-state index contributed by atoms with van der Waals surface area (Å²) in [5.74, 6) is -0.686. The Labute approximate surface area is 186 Å². The van der Waals surface area contributed by atoms with E-state index in [9.17, 15) is 14.4 Å². The smallest absolute Gasteiger partial charge is 0.340 e. The number of anilines is 1. The molecule has 0 aliphatic heterocycles. The zero-order valence-corrected chi connectivity index (χ0v) is 19.0. The number of ether oxygens (including phenoxy) is 1. The first-order valence-electron chi connectivity index (χ1n) is 9.08. The van der Waals surface area contributed by atoms with E-state index < -0.39 is 5.97 Å². The van der Waals surface area contributed by atoms with Crippen LogP contribution in [-0.4, -0.2) is 34.3 Å². The number of thiophene rings is 1. The number of hydrogen-bond acceptors (Lipinski definition) is 7. The number of fused-ring (bicyclic) bond motifs is 1. The molecule has 2 heterocycles. The number of aromatic nitrogens is 2. The number of rotatable bonds is 7. The first kappa shape index (κ1) is 22.3. The lowest BCUT2D eigenvalue weighted by atomic mass is 10.2. The van der Waals surface area contributed by atoms with E-state index in [-0.39, 0.29) is 28.7 Å². The van der Waals surface area contributed by atoms with Gasteiger partial charge in [0.1, 0.15) is 4.70 Å². The van der Waals surface area contributed by atoms with Gasteiger partial charge in [-0.15, -0.1) is 11.3 Å². The second-order valence-corrected chi connectivity index (χ2v) is 9.15. The molecule has 0 bridgehead atoms. The molecular formula is C20H20ClN3O4S2. The van der Waals surface area contributed by atoms with Gasteiger partial charge < -0.3 is 10.1 Å². The molecule has 0 aliphatic rings. The fourth-order valence-corrected chi connectivity index (χ4v) is 4.54. The molecule has 1 amide bonds. The summed E-state index contributed by atoms with van der Waals surface area (Å²) >= 11 is 8.48. The first-order chi connectivity index (χ1) is 14.3. The van der Waals surface area contributed by atoms with Crippen molar-refractivity contribution in [1.29, 1.82) is 0 Å². The lowest BCUT2D eigenvalue weighted by Gasteiger charge is -2.14. The number of hydrogen-bond donors (Lipinski definition) is 1. The molecule has 0 unspecified atom stereocenters. The SMILES string of the molecule is COC(=O)c1cc(Cl)ccc1NC(=O)CSc1nc2ccsc2c(=O)n1CC(C)C. The lowest BCUT2D eigenvalue weighted by Crippen LogP contribution is -2.25. The predicted octanol–water partition coefficient (Wildman–Crippen LogP) is 4.28. The predicted molar refractivity (Wildman–Crippen MR) is 121 cm³/mol. The maximum absolute atomic E-state index is 12.8. The molecule has 10 heteroatoms. The topological polar surface area (TPSA) is 90.3 Å². The Morgan fingerprint density at radius 2 is 2.10 bits per heavy atom. The Morgan fingerprint density at radius 3 is 2.80 bits per heavy atom. The fourth-order valence-electron chi connectivity index (χ4n) is 2.78. The average molecular weight is 466 g/mol. The van der Waals surface area contributed by atoms with E-state index in [4.69, 9.17) is 16.3 Å². The summed E-state index contributed by atoms with van der Waals surface area (Å²) in [4.78, 5) is 41.9. The minimum absolute atomic E-state index is 0.0173. The van der Waals surface area contributed by atoms with Crippen LogP contribution in [0.15, 0.2) is 39.6 Å². The number of benzene rings is 1. The van der Waals surface area contributed by atoms with E-state index in [1.165, 1.54) is 36.3 Å². The number of methoxy groups -OCH3 is 1. The lowest BCUT2D eigenvalue weighted by molar-refractivity contribution is -0.113. The van der Waals surface area contributed by atoms with Crippen molar-refractivity contribution >= 4 is 62.5 Å². The zero-order valence-electron chi connectivity index (χ0n) is 16.6. The van der Waals surface area contributed by atoms with Crippen molar-refractivity contribution in [3.63, 3.8) is 0 Å². The highest BCUT2D eigenvalue weighted by atomic mass is 35.5. The molecule has 0 saturated heterocycles. The van der Waals surface area contributed by atoms with Crippen LogP contribution in [0.5, 0.6) is 0 Å². The van der Waals surface area contributed by atoms with E-state index in [0.29, 0.717) is 32.6 Å². The summed E-state index contributed by atoms with van der Waals surface area (Å²) in [5.41, 5.74) is 0.992. The van der Waals surface area contributed by atoms with E-state index in [0.717, 1.165) is 0 Å². The van der Waals surface area contributed by atoms with Crippen molar-refractivity contribution in [3.05, 3.63) is 50.6 Å². The van der Waals surface area contributed by atoms with Crippen LogP contribution in [0.25, 0.3) is 10.2 Å². The Kier molecular flexibility index (Phi) is 7.17. The number of amides is 1. The van der Waals surface area contributed by atoms with Crippen LogP contribution in [0, 0.1) is 5.92 Å². The monoisotopic (exact) mass is 465 g/mol. The number of carbonyl (C=O) groups excluding carboxylic acids is 2. The molecule has 7 nitrogen and oxygen atoms in total. The van der Waals surface area contributed by atoms with Gasteiger partial charge in [0.15, 0.2) is 5.16 Å². The molecule has 0 atom stereocenters. The van der Waals surface area contributed by atoms with Crippen molar-refractivity contribution < 1.29 is 14.3 Å². The van der Waals surface area contributed by atoms with Gasteiger partial charge in [0.25, 0.3) is 5.56 Å². The molecule has 1 N–H and O–H groups in total. The first-order valence-corrected chi connectivity index (χ1v) is 11.3. The Balaban J connectivity index is 1.81. The second kappa shape index (κ2) is 9.63. The average Bonchev–Trinajstić information content (AvgIpc) is 3.18. The van der Waals surface area contributed by atoms with Gasteiger partial charge in [-0.25, -0.2) is 9.78 Å². The molecule has 3 rings (SSSR count). The van der Waals surface area contributed by atoms with E-state index in [2.05, 4.69) is 10.3 Å². The number of nitrogens with one attached hydrogen (secondary N) is 1. The summed E-state index contributed by atoms with van der Waals surface area (Å²) in [6, 6.07) is 6.34. The summed E-state index contributed by atoms with van der Waals surface area (Å²) in [5, 5.41) is 5.37. The van der Waals surface area contributed by atoms with E-state index in [1.807, 2.05) is 19.2 Å². The largest absolute Gasteiger partial charge is 0.465 e. The van der Waals surface area contributed by atoms with Crippen LogP contribution >= 0.6 is 34.7 Å². The van der Waals surface area contributed by atoms with Gasteiger partial charge in [-0.3, -0.25) is 14.2 Å². The summed E-state index contributed by atoms with van der Waals surface area (Å²) in [6.45, 7) is 4.54. The van der Waals surface area contributed by atoms with Gasteiger partial charge in [0, 0.05) is 11.6 Å². The Morgan fingerprint density at radius 1 is 1.33 bits per heavy atom. The summed E-state index contributed by atoms with van der Waals surface area (Å²) in [6.07, 6.45) is 0. The van der Waals surface area contributed by atoms with Crippen LogP contribution < -0.4 is 10.9 Å². The summed E-state index contributed by atoms with van der Waals surface area (Å²) < 4.78 is 6.96. The van der Waals surface area contributed by atoms with E-state index in [1.54, 1.807) is 22.8 Å². The van der Waals surface area contributed by atoms with Crippen molar-refractivity contribution in [2.75, 3.05) is 18.2 Å². The Hall–Kier alpha value is -2.36. The second-order valence-electron chi connectivity index (χ2n) is 6.86. The fraction of sp³-hybridized carbons (Fsp3) is 0.300. The highest BCUT2D eigenvalue weighted by Gasteiger charge is 2.17. The zero-order chi connectivity index (χ0) is 21.8. The summed E-state index contributed by atoms with van der Waals surface area (Å²) in [7, 11) is 1.25. The molecule has 2 aromatic heterocycles. The molecule has 0 saturated carbocycles. The third-order valence-corrected chi connectivity index (χ3v) is 6.18. The van der Waals surface area contributed by atoms with Crippen molar-refractivity contribution in [2.24, 2.45) is 5.92 Å². The molecule has 3 aromatic rings. The van der Waals surface area contributed by atoms with Crippen molar-refractivity contribution in [3.8, 4) is 0 Å². The molecular weight excluding hydrogens is 446 g/mol. The van der Waals surface area contributed by atoms with Crippen molar-refractivity contribution in [1.82, 2.24) is 9.55 Å². The number of esters is 1. The van der Waals surface area contributed by atoms with Gasteiger partial charge >= 0.3 is 5.97 Å². The van der Waals surface area contributed by atoms with Gasteiger partial charge in [-0.1, -0.05) is 37.2 Å². The van der Waals surface area contributed by atoms with Crippen LogP contribution in [0.4, 0.5) is 5.69 Å². The minimum atomic E-state index is -0.601. The molecule has 1 aromatic carbocycles. The molecule has 30 heavy (non-hydrogen) atoms. The highest BCUT2D eigenvalue weighted by molar-refractivity contribution is 7.99. The molecule has 0 aliphatic carbocycles. The third-order valence-electron chi connectivity index (χ3n) is 4.07. The molecule has 158 valence electrons. The van der Waals surface area contributed by atoms with Crippen LogP contribution in [-0.2, 0) is 16.1 Å². The molecule has 0 spiro atoms. The molecule has 0 fully saturated rings. The number of carbonyl (C=O) groups is 2.